The summed E-state index contributed by atoms with van der Waals surface area (Å²) >= 11 is 0. The number of amides is 1. The molecule has 3 aromatic heterocycles. The lowest BCUT2D eigenvalue weighted by Gasteiger charge is -2.09. The van der Waals surface area contributed by atoms with E-state index in [2.05, 4.69) is 25.8 Å². The van der Waals surface area contributed by atoms with Crippen molar-refractivity contribution < 1.29 is 9.32 Å². The molecule has 26 heavy (non-hydrogen) atoms. The molecule has 3 rings (SSSR count). The number of aromatic nitrogens is 4. The van der Waals surface area contributed by atoms with Gasteiger partial charge in [0.05, 0.1) is 5.69 Å². The maximum Gasteiger partial charge on any atom is 0.220 e. The molecule has 0 saturated carbocycles. The van der Waals surface area contributed by atoms with Crippen molar-refractivity contribution in [3.05, 3.63) is 53.9 Å². The molecule has 0 spiro atoms. The molecular weight excluding hydrogens is 332 g/mol. The van der Waals surface area contributed by atoms with Gasteiger partial charge in [0.25, 0.3) is 0 Å². The maximum absolute atomic E-state index is 12.0. The lowest BCUT2D eigenvalue weighted by atomic mass is 10.1. The number of carbonyl (C=O) groups is 1. The van der Waals surface area contributed by atoms with E-state index in [0.29, 0.717) is 31.7 Å². The minimum absolute atomic E-state index is 0.00233. The van der Waals surface area contributed by atoms with Crippen molar-refractivity contribution in [3.8, 4) is 5.82 Å². The number of rotatable bonds is 8. The second-order valence-corrected chi connectivity index (χ2v) is 5.93. The highest BCUT2D eigenvalue weighted by Crippen LogP contribution is 2.14. The molecule has 3 heterocycles. The molecule has 0 radical (unpaired) electrons. The molecule has 0 aliphatic carbocycles. The van der Waals surface area contributed by atoms with Crippen LogP contribution in [0, 0.1) is 13.8 Å². The van der Waals surface area contributed by atoms with E-state index in [1.807, 2.05) is 49.0 Å². The zero-order chi connectivity index (χ0) is 18.4. The summed E-state index contributed by atoms with van der Waals surface area (Å²) in [7, 11) is 0. The average Bonchev–Trinajstić information content (AvgIpc) is 3.28. The van der Waals surface area contributed by atoms with Crippen LogP contribution in [0.25, 0.3) is 5.82 Å². The molecule has 136 valence electrons. The Morgan fingerprint density at radius 2 is 2.00 bits per heavy atom. The molecule has 0 atom stereocenters. The number of nitrogens with zero attached hydrogens (tertiary/aromatic N) is 4. The SMILES string of the molecule is Cc1noc(C)c1CCC(=O)NCCNc1cc(-n2cccc2)ncn1. The van der Waals surface area contributed by atoms with Crippen LogP contribution in [-0.2, 0) is 11.2 Å². The predicted molar refractivity (Wildman–Crippen MR) is 97.2 cm³/mol. The predicted octanol–water partition coefficient (Wildman–Crippen LogP) is 2.03. The van der Waals surface area contributed by atoms with Gasteiger partial charge in [-0.1, -0.05) is 5.16 Å². The van der Waals surface area contributed by atoms with Crippen LogP contribution in [0.15, 0.2) is 41.4 Å². The molecule has 0 fully saturated rings. The Labute approximate surface area is 151 Å². The molecule has 1 amide bonds. The molecule has 0 aromatic carbocycles. The van der Waals surface area contributed by atoms with Gasteiger partial charge in [-0.15, -0.1) is 0 Å². The summed E-state index contributed by atoms with van der Waals surface area (Å²) in [5.74, 6) is 2.28. The summed E-state index contributed by atoms with van der Waals surface area (Å²) in [4.78, 5) is 20.4. The Hall–Kier alpha value is -3.16. The summed E-state index contributed by atoms with van der Waals surface area (Å²) < 4.78 is 7.01. The van der Waals surface area contributed by atoms with Gasteiger partial charge in [-0.2, -0.15) is 0 Å². The van der Waals surface area contributed by atoms with Crippen molar-refractivity contribution in [2.75, 3.05) is 18.4 Å². The number of nitrogens with one attached hydrogen (secondary N) is 2. The largest absolute Gasteiger partial charge is 0.368 e. The summed E-state index contributed by atoms with van der Waals surface area (Å²) in [6.07, 6.45) is 6.40. The van der Waals surface area contributed by atoms with Gasteiger partial charge >= 0.3 is 0 Å². The molecule has 0 saturated heterocycles. The first kappa shape index (κ1) is 17.7. The summed E-state index contributed by atoms with van der Waals surface area (Å²) in [6, 6.07) is 5.74. The lowest BCUT2D eigenvalue weighted by Crippen LogP contribution is -2.29. The Morgan fingerprint density at radius 3 is 2.73 bits per heavy atom. The van der Waals surface area contributed by atoms with Crippen LogP contribution in [0.3, 0.4) is 0 Å². The second kappa shape index (κ2) is 8.28. The second-order valence-electron chi connectivity index (χ2n) is 5.93. The van der Waals surface area contributed by atoms with Crippen LogP contribution in [0.2, 0.25) is 0 Å². The van der Waals surface area contributed by atoms with E-state index in [0.717, 1.165) is 22.8 Å². The van der Waals surface area contributed by atoms with Crippen molar-refractivity contribution in [1.82, 2.24) is 25.0 Å². The van der Waals surface area contributed by atoms with E-state index >= 15 is 0 Å². The molecule has 3 aromatic rings. The van der Waals surface area contributed by atoms with E-state index in [-0.39, 0.29) is 5.91 Å². The van der Waals surface area contributed by atoms with Gasteiger partial charge in [0, 0.05) is 43.5 Å². The minimum atomic E-state index is 0.00233. The molecule has 0 aliphatic rings. The van der Waals surface area contributed by atoms with Gasteiger partial charge < -0.3 is 19.7 Å². The summed E-state index contributed by atoms with van der Waals surface area (Å²) in [5.41, 5.74) is 1.86. The molecule has 0 bridgehead atoms. The van der Waals surface area contributed by atoms with Crippen molar-refractivity contribution in [3.63, 3.8) is 0 Å². The molecule has 0 aliphatic heterocycles. The molecule has 8 heteroatoms. The third-order valence-corrected chi connectivity index (χ3v) is 4.06. The Kier molecular flexibility index (Phi) is 5.62. The smallest absolute Gasteiger partial charge is 0.220 e. The van der Waals surface area contributed by atoms with E-state index in [1.165, 1.54) is 6.33 Å². The van der Waals surface area contributed by atoms with Gasteiger partial charge in [-0.05, 0) is 32.4 Å². The van der Waals surface area contributed by atoms with Crippen LogP contribution in [0.4, 0.5) is 5.82 Å². The fraction of sp³-hybridized carbons (Fsp3) is 0.333. The Morgan fingerprint density at radius 1 is 1.19 bits per heavy atom. The first-order chi connectivity index (χ1) is 12.6. The fourth-order valence-corrected chi connectivity index (χ4v) is 2.65. The minimum Gasteiger partial charge on any atom is -0.368 e. The topological polar surface area (TPSA) is 97.9 Å². The zero-order valence-corrected chi connectivity index (χ0v) is 14.9. The first-order valence-corrected chi connectivity index (χ1v) is 8.51. The number of carbonyl (C=O) groups excluding carboxylic acids is 1. The number of anilines is 1. The van der Waals surface area contributed by atoms with Gasteiger partial charge in [0.1, 0.15) is 23.7 Å². The number of hydrogen-bond donors (Lipinski definition) is 2. The van der Waals surface area contributed by atoms with Crippen LogP contribution in [0.1, 0.15) is 23.4 Å². The molecule has 8 nitrogen and oxygen atoms in total. The quantitative estimate of drug-likeness (QED) is 0.601. The zero-order valence-electron chi connectivity index (χ0n) is 14.9. The van der Waals surface area contributed by atoms with Crippen LogP contribution >= 0.6 is 0 Å². The van der Waals surface area contributed by atoms with Crippen LogP contribution < -0.4 is 10.6 Å². The van der Waals surface area contributed by atoms with Crippen molar-refractivity contribution in [1.29, 1.82) is 0 Å². The monoisotopic (exact) mass is 354 g/mol. The maximum atomic E-state index is 12.0. The van der Waals surface area contributed by atoms with Crippen molar-refractivity contribution in [2.24, 2.45) is 0 Å². The van der Waals surface area contributed by atoms with Crippen LogP contribution in [-0.4, -0.2) is 38.7 Å². The lowest BCUT2D eigenvalue weighted by molar-refractivity contribution is -0.120. The molecular formula is C18H22N6O2. The third kappa shape index (κ3) is 4.47. The number of aryl methyl sites for hydroxylation is 2. The van der Waals surface area contributed by atoms with E-state index in [1.54, 1.807) is 0 Å². The van der Waals surface area contributed by atoms with Gasteiger partial charge in [-0.25, -0.2) is 9.97 Å². The standard InChI is InChI=1S/C18H22N6O2/c1-13-15(14(2)26-23-13)5-6-18(25)20-8-7-19-16-11-17(22-12-21-16)24-9-3-4-10-24/h3-4,9-12H,5-8H2,1-2H3,(H,20,25)(H,19,21,22). The van der Waals surface area contributed by atoms with Crippen molar-refractivity contribution in [2.45, 2.75) is 26.7 Å². The fourth-order valence-electron chi connectivity index (χ4n) is 2.65. The van der Waals surface area contributed by atoms with Gasteiger partial charge in [0.15, 0.2) is 0 Å². The molecule has 2 N–H and O–H groups in total. The van der Waals surface area contributed by atoms with Crippen molar-refractivity contribution >= 4 is 11.7 Å². The first-order valence-electron chi connectivity index (χ1n) is 8.51. The van der Waals surface area contributed by atoms with E-state index in [9.17, 15) is 4.79 Å². The van der Waals surface area contributed by atoms with Gasteiger partial charge in [0.2, 0.25) is 5.91 Å². The highest BCUT2D eigenvalue weighted by Gasteiger charge is 2.10. The average molecular weight is 354 g/mol. The Balaban J connectivity index is 1.40. The van der Waals surface area contributed by atoms with Crippen LogP contribution in [0.5, 0.6) is 0 Å². The number of hydrogen-bond acceptors (Lipinski definition) is 6. The summed E-state index contributed by atoms with van der Waals surface area (Å²) in [5, 5.41) is 9.98. The summed E-state index contributed by atoms with van der Waals surface area (Å²) in [6.45, 7) is 4.85. The van der Waals surface area contributed by atoms with Gasteiger partial charge in [-0.3, -0.25) is 4.79 Å². The van der Waals surface area contributed by atoms with E-state index in [4.69, 9.17) is 4.52 Å². The molecule has 0 unspecified atom stereocenters. The normalized spacial score (nSPS) is 10.7. The Bertz CT molecular complexity index is 837. The highest BCUT2D eigenvalue weighted by atomic mass is 16.5. The third-order valence-electron chi connectivity index (χ3n) is 4.06. The highest BCUT2D eigenvalue weighted by molar-refractivity contribution is 5.76. The van der Waals surface area contributed by atoms with E-state index < -0.39 is 0 Å².